The number of rotatable bonds is 6. The summed E-state index contributed by atoms with van der Waals surface area (Å²) in [6.45, 7) is 0. The molecule has 2 aromatic carbocycles. The molecular formula is C16H12Br2O4S. The molecule has 0 N–H and O–H groups in total. The van der Waals surface area contributed by atoms with E-state index < -0.39 is 29.7 Å². The summed E-state index contributed by atoms with van der Waals surface area (Å²) in [5, 5.41) is 0. The normalized spacial score (nSPS) is 14.0. The molecule has 0 aliphatic rings. The van der Waals surface area contributed by atoms with Gasteiger partial charge >= 0.3 is 0 Å². The molecule has 2 aromatic rings. The van der Waals surface area contributed by atoms with E-state index in [1.54, 1.807) is 36.4 Å². The second-order valence-corrected chi connectivity index (χ2v) is 9.85. The first-order valence-corrected chi connectivity index (χ1v) is 9.99. The molecule has 2 unspecified atom stereocenters. The van der Waals surface area contributed by atoms with Gasteiger partial charge in [-0.2, -0.15) is 0 Å². The van der Waals surface area contributed by atoms with Crippen molar-refractivity contribution < 1.29 is 18.0 Å². The standard InChI is InChI=1S/C16H12Br2O4S/c17-15(13(19)11-7-3-1-4-8-11)23(21,22)16(18)14(20)12-9-5-2-6-10-12/h1-10,15-16H. The van der Waals surface area contributed by atoms with Crippen molar-refractivity contribution in [2.75, 3.05) is 0 Å². The zero-order valence-electron chi connectivity index (χ0n) is 11.7. The fraction of sp³-hybridized carbons (Fsp3) is 0.125. The van der Waals surface area contributed by atoms with Crippen molar-refractivity contribution >= 4 is 53.3 Å². The summed E-state index contributed by atoms with van der Waals surface area (Å²) >= 11 is 5.85. The minimum absolute atomic E-state index is 0.254. The Bertz CT molecular complexity index is 741. The number of halogens is 2. The van der Waals surface area contributed by atoms with Crippen LogP contribution in [0.25, 0.3) is 0 Å². The van der Waals surface area contributed by atoms with Crippen LogP contribution in [0.4, 0.5) is 0 Å². The van der Waals surface area contributed by atoms with Gasteiger partial charge in [-0.3, -0.25) is 9.59 Å². The van der Waals surface area contributed by atoms with Gasteiger partial charge < -0.3 is 0 Å². The molecule has 7 heteroatoms. The fourth-order valence-electron chi connectivity index (χ4n) is 1.87. The maximum Gasteiger partial charge on any atom is 0.191 e. The van der Waals surface area contributed by atoms with Crippen LogP contribution in [-0.2, 0) is 9.84 Å². The van der Waals surface area contributed by atoms with E-state index in [-0.39, 0.29) is 11.1 Å². The van der Waals surface area contributed by atoms with Crippen LogP contribution < -0.4 is 0 Å². The third-order valence-electron chi connectivity index (χ3n) is 3.11. The molecular weight excluding hydrogens is 448 g/mol. The van der Waals surface area contributed by atoms with Gasteiger partial charge in [-0.15, -0.1) is 0 Å². The van der Waals surface area contributed by atoms with E-state index >= 15 is 0 Å². The fourth-order valence-corrected chi connectivity index (χ4v) is 5.64. The van der Waals surface area contributed by atoms with Gasteiger partial charge in [0.1, 0.15) is 0 Å². The first kappa shape index (κ1) is 18.0. The quantitative estimate of drug-likeness (QED) is 0.488. The Balaban J connectivity index is 2.27. The largest absolute Gasteiger partial charge is 0.292 e. The summed E-state index contributed by atoms with van der Waals surface area (Å²) in [5.41, 5.74) is 0.509. The molecule has 23 heavy (non-hydrogen) atoms. The van der Waals surface area contributed by atoms with Crippen molar-refractivity contribution in [3.63, 3.8) is 0 Å². The molecule has 0 radical (unpaired) electrons. The van der Waals surface area contributed by atoms with Gasteiger partial charge in [-0.05, 0) is 0 Å². The van der Waals surface area contributed by atoms with Crippen molar-refractivity contribution in [1.29, 1.82) is 0 Å². The summed E-state index contributed by atoms with van der Waals surface area (Å²) in [7, 11) is -4.10. The first-order chi connectivity index (χ1) is 10.9. The topological polar surface area (TPSA) is 68.3 Å². The molecule has 0 aliphatic heterocycles. The molecule has 0 heterocycles. The third kappa shape index (κ3) is 3.97. The number of hydrogen-bond acceptors (Lipinski definition) is 4. The minimum atomic E-state index is -4.10. The average Bonchev–Trinajstić information content (AvgIpc) is 2.60. The lowest BCUT2D eigenvalue weighted by Crippen LogP contribution is -2.35. The monoisotopic (exact) mass is 458 g/mol. The molecule has 0 fully saturated rings. The first-order valence-electron chi connectivity index (χ1n) is 6.55. The molecule has 4 nitrogen and oxygen atoms in total. The summed E-state index contributed by atoms with van der Waals surface area (Å²) in [6, 6.07) is 16.1. The number of carbonyl (C=O) groups is 2. The van der Waals surface area contributed by atoms with Crippen LogP contribution in [0.2, 0.25) is 0 Å². The number of sulfone groups is 1. The zero-order chi connectivity index (χ0) is 17.0. The van der Waals surface area contributed by atoms with Gasteiger partial charge in [0, 0.05) is 11.1 Å². The number of alkyl halides is 2. The second-order valence-electron chi connectivity index (χ2n) is 4.68. The maximum atomic E-state index is 12.5. The Morgan fingerprint density at radius 2 is 1.00 bits per heavy atom. The van der Waals surface area contributed by atoms with Crippen molar-refractivity contribution in [1.82, 2.24) is 0 Å². The summed E-state index contributed by atoms with van der Waals surface area (Å²) in [6.07, 6.45) is 0. The van der Waals surface area contributed by atoms with Crippen LogP contribution in [0.5, 0.6) is 0 Å². The van der Waals surface area contributed by atoms with Crippen molar-refractivity contribution in [2.24, 2.45) is 0 Å². The molecule has 2 atom stereocenters. The Morgan fingerprint density at radius 3 is 1.30 bits per heavy atom. The van der Waals surface area contributed by atoms with Crippen LogP contribution in [0.3, 0.4) is 0 Å². The smallest absolute Gasteiger partial charge is 0.191 e. The predicted octanol–water partition coefficient (Wildman–Crippen LogP) is 3.61. The van der Waals surface area contributed by atoms with Crippen LogP contribution in [0.1, 0.15) is 20.7 Å². The van der Waals surface area contributed by atoms with Gasteiger partial charge in [0.2, 0.25) is 0 Å². The van der Waals surface area contributed by atoms with Gasteiger partial charge in [0.15, 0.2) is 29.7 Å². The molecule has 2 rings (SSSR count). The SMILES string of the molecule is O=C(c1ccccc1)C(Br)S(=O)(=O)C(Br)C(=O)c1ccccc1. The highest BCUT2D eigenvalue weighted by Crippen LogP contribution is 2.26. The van der Waals surface area contributed by atoms with E-state index in [1.165, 1.54) is 24.3 Å². The van der Waals surface area contributed by atoms with E-state index in [4.69, 9.17) is 0 Å². The molecule has 0 bridgehead atoms. The third-order valence-corrected chi connectivity index (χ3v) is 8.65. The lowest BCUT2D eigenvalue weighted by molar-refractivity contribution is 0.101. The number of carbonyl (C=O) groups excluding carboxylic acids is 2. The number of ketones is 2. The Hall–Kier alpha value is -1.31. The summed E-state index contributed by atoms with van der Waals surface area (Å²) < 4.78 is 22.0. The zero-order valence-corrected chi connectivity index (χ0v) is 15.7. The van der Waals surface area contributed by atoms with E-state index in [1.807, 2.05) is 0 Å². The van der Waals surface area contributed by atoms with E-state index in [0.717, 1.165) is 0 Å². The molecule has 0 saturated heterocycles. The summed E-state index contributed by atoms with van der Waals surface area (Å²) in [5.74, 6) is -1.23. The van der Waals surface area contributed by atoms with Gasteiger partial charge in [-0.25, -0.2) is 8.42 Å². The molecule has 0 spiro atoms. The van der Waals surface area contributed by atoms with Gasteiger partial charge in [0.05, 0.1) is 0 Å². The molecule has 120 valence electrons. The maximum absolute atomic E-state index is 12.5. The van der Waals surface area contributed by atoms with Crippen LogP contribution in [-0.4, -0.2) is 28.3 Å². The van der Waals surface area contributed by atoms with E-state index in [0.29, 0.717) is 0 Å². The number of benzene rings is 2. The Kier molecular flexibility index (Phi) is 5.89. The molecule has 0 saturated carbocycles. The van der Waals surface area contributed by atoms with Crippen LogP contribution in [0.15, 0.2) is 60.7 Å². The molecule has 0 aliphatic carbocycles. The highest BCUT2D eigenvalue weighted by Gasteiger charge is 2.40. The summed E-state index contributed by atoms with van der Waals surface area (Å²) in [4.78, 5) is 24.6. The molecule has 0 amide bonds. The van der Waals surface area contributed by atoms with Crippen LogP contribution in [0, 0.1) is 0 Å². The lowest BCUT2D eigenvalue weighted by atomic mass is 10.1. The molecule has 0 aromatic heterocycles. The highest BCUT2D eigenvalue weighted by atomic mass is 79.9. The van der Waals surface area contributed by atoms with Crippen LogP contribution >= 0.6 is 31.9 Å². The lowest BCUT2D eigenvalue weighted by Gasteiger charge is -2.15. The van der Waals surface area contributed by atoms with E-state index in [2.05, 4.69) is 31.9 Å². The predicted molar refractivity (Wildman–Crippen MR) is 95.9 cm³/mol. The second kappa shape index (κ2) is 7.51. The van der Waals surface area contributed by atoms with Gasteiger partial charge in [-0.1, -0.05) is 92.5 Å². The number of hydrogen-bond donors (Lipinski definition) is 0. The van der Waals surface area contributed by atoms with Crippen molar-refractivity contribution in [3.05, 3.63) is 71.8 Å². The number of Topliss-reactive ketones (excluding diaryl/α,β-unsaturated/α-hetero) is 2. The Labute approximate surface area is 151 Å². The van der Waals surface area contributed by atoms with Gasteiger partial charge in [0.25, 0.3) is 0 Å². The minimum Gasteiger partial charge on any atom is -0.292 e. The highest BCUT2D eigenvalue weighted by molar-refractivity contribution is 9.13. The van der Waals surface area contributed by atoms with E-state index in [9.17, 15) is 18.0 Å². The van der Waals surface area contributed by atoms with Crippen molar-refractivity contribution in [3.8, 4) is 0 Å². The Morgan fingerprint density at radius 1 is 0.696 bits per heavy atom. The average molecular weight is 460 g/mol. The van der Waals surface area contributed by atoms with Crippen molar-refractivity contribution in [2.45, 2.75) is 8.32 Å².